The molecule has 0 fully saturated rings. The highest BCUT2D eigenvalue weighted by Crippen LogP contribution is 2.07. The lowest BCUT2D eigenvalue weighted by Crippen LogP contribution is -1.89. The lowest BCUT2D eigenvalue weighted by molar-refractivity contribution is 0.879. The molecule has 0 aliphatic heterocycles. The van der Waals surface area contributed by atoms with Gasteiger partial charge >= 0.3 is 0 Å². The molecule has 0 aromatic heterocycles. The van der Waals surface area contributed by atoms with Crippen molar-refractivity contribution >= 4 is 0 Å². The second kappa shape index (κ2) is 5.73. The number of nitrogens with zero attached hydrogens (tertiary/aromatic N) is 1. The SMILES string of the molecule is CC/C=C\C=C(\C)C(C)C#N. The van der Waals surface area contributed by atoms with Crippen molar-refractivity contribution in [1.82, 2.24) is 0 Å². The van der Waals surface area contributed by atoms with E-state index < -0.39 is 0 Å². The summed E-state index contributed by atoms with van der Waals surface area (Å²) in [7, 11) is 0. The number of hydrogen-bond donors (Lipinski definition) is 0. The van der Waals surface area contributed by atoms with Crippen LogP contribution in [0.25, 0.3) is 0 Å². The van der Waals surface area contributed by atoms with Gasteiger partial charge in [0.15, 0.2) is 0 Å². The summed E-state index contributed by atoms with van der Waals surface area (Å²) in [5, 5.41) is 8.55. The Hall–Kier alpha value is -1.03. The van der Waals surface area contributed by atoms with Crippen LogP contribution < -0.4 is 0 Å². The molecule has 60 valence electrons. The molecule has 0 spiro atoms. The molecule has 11 heavy (non-hydrogen) atoms. The third-order valence-electron chi connectivity index (χ3n) is 1.61. The molecule has 0 rings (SSSR count). The molecule has 1 nitrogen and oxygen atoms in total. The predicted octanol–water partition coefficient (Wildman–Crippen LogP) is 3.06. The predicted molar refractivity (Wildman–Crippen MR) is 48.0 cm³/mol. The summed E-state index contributed by atoms with van der Waals surface area (Å²) in [6.45, 7) is 5.98. The molecule has 0 radical (unpaired) electrons. The summed E-state index contributed by atoms with van der Waals surface area (Å²) in [6.07, 6.45) is 7.12. The molecule has 0 aromatic carbocycles. The number of nitriles is 1. The third-order valence-corrected chi connectivity index (χ3v) is 1.61. The Balaban J connectivity index is 4.02. The smallest absolute Gasteiger partial charge is 0.0697 e. The van der Waals surface area contributed by atoms with Crippen molar-refractivity contribution in [2.45, 2.75) is 27.2 Å². The van der Waals surface area contributed by atoms with E-state index in [1.807, 2.05) is 26.0 Å². The lowest BCUT2D eigenvalue weighted by atomic mass is 10.0. The van der Waals surface area contributed by atoms with E-state index in [-0.39, 0.29) is 5.92 Å². The molecule has 0 saturated heterocycles. The Labute approximate surface area is 69.0 Å². The summed E-state index contributed by atoms with van der Waals surface area (Å²) in [4.78, 5) is 0. The fourth-order valence-corrected chi connectivity index (χ4v) is 0.602. The van der Waals surface area contributed by atoms with E-state index in [9.17, 15) is 0 Å². The Bertz CT molecular complexity index is 193. The second-order valence-electron chi connectivity index (χ2n) is 2.60. The van der Waals surface area contributed by atoms with Gasteiger partial charge in [-0.05, 0) is 20.3 Å². The zero-order valence-corrected chi connectivity index (χ0v) is 7.46. The van der Waals surface area contributed by atoms with Crippen LogP contribution in [0.2, 0.25) is 0 Å². The Morgan fingerprint density at radius 3 is 2.73 bits per heavy atom. The molecule has 1 atom stereocenters. The first-order valence-corrected chi connectivity index (χ1v) is 3.95. The summed E-state index contributed by atoms with van der Waals surface area (Å²) in [5.41, 5.74) is 1.12. The molecule has 0 aromatic rings. The van der Waals surface area contributed by atoms with E-state index in [4.69, 9.17) is 5.26 Å². The Morgan fingerprint density at radius 1 is 1.64 bits per heavy atom. The van der Waals surface area contributed by atoms with Crippen LogP contribution in [0.1, 0.15) is 27.2 Å². The van der Waals surface area contributed by atoms with Crippen LogP contribution in [0.15, 0.2) is 23.8 Å². The van der Waals surface area contributed by atoms with E-state index in [1.54, 1.807) is 0 Å². The molecule has 0 saturated carbocycles. The van der Waals surface area contributed by atoms with Gasteiger partial charge in [0, 0.05) is 0 Å². The average molecular weight is 149 g/mol. The van der Waals surface area contributed by atoms with Crippen molar-refractivity contribution in [3.05, 3.63) is 23.8 Å². The van der Waals surface area contributed by atoms with E-state index in [2.05, 4.69) is 19.1 Å². The molecule has 0 heterocycles. The van der Waals surface area contributed by atoms with Crippen LogP contribution in [0, 0.1) is 17.2 Å². The molecule has 0 amide bonds. The van der Waals surface area contributed by atoms with E-state index in [0.29, 0.717) is 0 Å². The van der Waals surface area contributed by atoms with Crippen molar-refractivity contribution < 1.29 is 0 Å². The van der Waals surface area contributed by atoms with Crippen LogP contribution in [0.3, 0.4) is 0 Å². The van der Waals surface area contributed by atoms with Gasteiger partial charge < -0.3 is 0 Å². The van der Waals surface area contributed by atoms with Gasteiger partial charge in [0.25, 0.3) is 0 Å². The summed E-state index contributed by atoms with van der Waals surface area (Å²) >= 11 is 0. The molecule has 1 heteroatoms. The van der Waals surface area contributed by atoms with E-state index in [0.717, 1.165) is 12.0 Å². The first-order chi connectivity index (χ1) is 5.22. The summed E-state index contributed by atoms with van der Waals surface area (Å²) in [6, 6.07) is 2.19. The third kappa shape index (κ3) is 4.38. The lowest BCUT2D eigenvalue weighted by Gasteiger charge is -1.98. The zero-order chi connectivity index (χ0) is 8.69. The number of rotatable bonds is 3. The fourth-order valence-electron chi connectivity index (χ4n) is 0.602. The maximum absolute atomic E-state index is 8.55. The second-order valence-corrected chi connectivity index (χ2v) is 2.60. The minimum atomic E-state index is 0.0384. The Kier molecular flexibility index (Phi) is 5.20. The highest BCUT2D eigenvalue weighted by Gasteiger charge is 1.98. The standard InChI is InChI=1S/C10H15N/c1-4-5-6-7-9(2)10(3)8-11/h5-7,10H,4H2,1-3H3/b6-5-,9-7-. The number of hydrogen-bond acceptors (Lipinski definition) is 1. The zero-order valence-electron chi connectivity index (χ0n) is 7.46. The van der Waals surface area contributed by atoms with Crippen molar-refractivity contribution in [3.8, 4) is 6.07 Å². The molecular formula is C10H15N. The largest absolute Gasteiger partial charge is 0.198 e. The van der Waals surface area contributed by atoms with Gasteiger partial charge in [-0.3, -0.25) is 0 Å². The quantitative estimate of drug-likeness (QED) is 0.566. The van der Waals surface area contributed by atoms with Crippen LogP contribution in [0.5, 0.6) is 0 Å². The normalized spacial score (nSPS) is 14.9. The molecule has 0 aliphatic carbocycles. The van der Waals surface area contributed by atoms with Gasteiger partial charge in [-0.2, -0.15) is 5.26 Å². The molecule has 0 bridgehead atoms. The van der Waals surface area contributed by atoms with E-state index >= 15 is 0 Å². The average Bonchev–Trinajstić information content (AvgIpc) is 2.03. The monoisotopic (exact) mass is 149 g/mol. The molecule has 0 N–H and O–H groups in total. The number of allylic oxidation sites excluding steroid dienone is 4. The summed E-state index contributed by atoms with van der Waals surface area (Å²) < 4.78 is 0. The first kappa shape index (κ1) is 9.97. The van der Waals surface area contributed by atoms with Crippen LogP contribution in [0.4, 0.5) is 0 Å². The van der Waals surface area contributed by atoms with Gasteiger partial charge in [-0.15, -0.1) is 0 Å². The van der Waals surface area contributed by atoms with Crippen LogP contribution >= 0.6 is 0 Å². The fraction of sp³-hybridized carbons (Fsp3) is 0.500. The van der Waals surface area contributed by atoms with Gasteiger partial charge in [-0.25, -0.2) is 0 Å². The minimum absolute atomic E-state index is 0.0384. The van der Waals surface area contributed by atoms with Crippen molar-refractivity contribution in [1.29, 1.82) is 5.26 Å². The topological polar surface area (TPSA) is 23.8 Å². The van der Waals surface area contributed by atoms with E-state index in [1.165, 1.54) is 0 Å². The highest BCUT2D eigenvalue weighted by molar-refractivity contribution is 5.16. The molecule has 1 unspecified atom stereocenters. The maximum atomic E-state index is 8.55. The van der Waals surface area contributed by atoms with Crippen LogP contribution in [-0.4, -0.2) is 0 Å². The van der Waals surface area contributed by atoms with Crippen molar-refractivity contribution in [2.24, 2.45) is 5.92 Å². The van der Waals surface area contributed by atoms with Gasteiger partial charge in [0.05, 0.1) is 12.0 Å². The van der Waals surface area contributed by atoms with Gasteiger partial charge in [0.1, 0.15) is 0 Å². The maximum Gasteiger partial charge on any atom is 0.0697 e. The highest BCUT2D eigenvalue weighted by atomic mass is 14.3. The van der Waals surface area contributed by atoms with Gasteiger partial charge in [0.2, 0.25) is 0 Å². The summed E-state index contributed by atoms with van der Waals surface area (Å²) in [5.74, 6) is 0.0384. The minimum Gasteiger partial charge on any atom is -0.198 e. The molecular weight excluding hydrogens is 134 g/mol. The Morgan fingerprint density at radius 2 is 2.27 bits per heavy atom. The van der Waals surface area contributed by atoms with Gasteiger partial charge in [-0.1, -0.05) is 30.7 Å². The van der Waals surface area contributed by atoms with Crippen molar-refractivity contribution in [2.75, 3.05) is 0 Å². The van der Waals surface area contributed by atoms with Crippen molar-refractivity contribution in [3.63, 3.8) is 0 Å². The van der Waals surface area contributed by atoms with Crippen LogP contribution in [-0.2, 0) is 0 Å². The molecule has 0 aliphatic rings. The first-order valence-electron chi connectivity index (χ1n) is 3.95.